The van der Waals surface area contributed by atoms with Crippen molar-refractivity contribution in [3.05, 3.63) is 41.1 Å². The molecule has 0 fully saturated rings. The number of nitrogens with one attached hydrogen (secondary N) is 2. The number of carbonyl (C=O) groups excluding carboxylic acids is 1. The molecule has 1 atom stereocenters. The summed E-state index contributed by atoms with van der Waals surface area (Å²) in [5.74, 6) is 0.804. The Labute approximate surface area is 142 Å². The first-order chi connectivity index (χ1) is 11.0. The summed E-state index contributed by atoms with van der Waals surface area (Å²) in [7, 11) is 1.63. The van der Waals surface area contributed by atoms with E-state index in [4.69, 9.17) is 17.0 Å². The number of hydrogen-bond acceptors (Lipinski definition) is 3. The maximum absolute atomic E-state index is 12.9. The monoisotopic (exact) mass is 333 g/mol. The van der Waals surface area contributed by atoms with Crippen molar-refractivity contribution < 1.29 is 9.53 Å². The van der Waals surface area contributed by atoms with E-state index < -0.39 is 0 Å². The van der Waals surface area contributed by atoms with Gasteiger partial charge in [0.1, 0.15) is 5.75 Å². The van der Waals surface area contributed by atoms with Crippen LogP contribution in [0.3, 0.4) is 0 Å². The minimum Gasteiger partial charge on any atom is -0.497 e. The molecule has 1 aliphatic heterocycles. The molecule has 6 heteroatoms. The second-order valence-corrected chi connectivity index (χ2v) is 5.73. The number of amides is 1. The highest BCUT2D eigenvalue weighted by Gasteiger charge is 2.31. The number of methoxy groups -OCH3 is 1. The lowest BCUT2D eigenvalue weighted by molar-refractivity contribution is -0.127. The minimum atomic E-state index is -0.261. The van der Waals surface area contributed by atoms with Crippen molar-refractivity contribution >= 4 is 23.2 Å². The molecule has 2 rings (SSSR count). The fraction of sp³-hybridized carbons (Fsp3) is 0.412. The van der Waals surface area contributed by atoms with Crippen LogP contribution in [0.5, 0.6) is 5.75 Å². The van der Waals surface area contributed by atoms with Crippen LogP contribution in [0.2, 0.25) is 0 Å². The number of benzene rings is 1. The number of ether oxygens (including phenoxy) is 1. The van der Waals surface area contributed by atoms with Crippen LogP contribution in [0.25, 0.3) is 0 Å². The Bertz CT molecular complexity index is 621. The second kappa shape index (κ2) is 7.46. The van der Waals surface area contributed by atoms with E-state index in [2.05, 4.69) is 10.6 Å². The van der Waals surface area contributed by atoms with Gasteiger partial charge in [0.05, 0.1) is 18.7 Å². The van der Waals surface area contributed by atoms with Gasteiger partial charge in [-0.25, -0.2) is 0 Å². The molecule has 0 spiro atoms. The first-order valence-corrected chi connectivity index (χ1v) is 8.14. The summed E-state index contributed by atoms with van der Waals surface area (Å²) in [5, 5.41) is 6.80. The van der Waals surface area contributed by atoms with Gasteiger partial charge < -0.3 is 20.3 Å². The molecule has 0 radical (unpaired) electrons. The van der Waals surface area contributed by atoms with E-state index in [9.17, 15) is 4.79 Å². The Kier molecular flexibility index (Phi) is 5.60. The molecule has 0 unspecified atom stereocenters. The molecule has 124 valence electrons. The van der Waals surface area contributed by atoms with E-state index in [1.54, 1.807) is 7.11 Å². The summed E-state index contributed by atoms with van der Waals surface area (Å²) in [4.78, 5) is 14.7. The summed E-state index contributed by atoms with van der Waals surface area (Å²) < 4.78 is 5.20. The first kappa shape index (κ1) is 17.3. The molecule has 5 nitrogen and oxygen atoms in total. The Morgan fingerprint density at radius 3 is 2.39 bits per heavy atom. The molecule has 0 aliphatic carbocycles. The lowest BCUT2D eigenvalue weighted by Gasteiger charge is -2.33. The third-order valence-corrected chi connectivity index (χ3v) is 4.22. The highest BCUT2D eigenvalue weighted by Crippen LogP contribution is 2.29. The highest BCUT2D eigenvalue weighted by molar-refractivity contribution is 7.80. The van der Waals surface area contributed by atoms with Crippen LogP contribution in [0.15, 0.2) is 35.5 Å². The number of hydrogen-bond donors (Lipinski definition) is 2. The fourth-order valence-corrected chi connectivity index (χ4v) is 2.98. The lowest BCUT2D eigenvalue weighted by atomic mass is 9.94. The number of likely N-dealkylation sites (N-methyl/N-ethyl adjacent to an activating group) is 1. The maximum atomic E-state index is 12.9. The van der Waals surface area contributed by atoms with Crippen molar-refractivity contribution in [3.8, 4) is 5.75 Å². The van der Waals surface area contributed by atoms with Crippen molar-refractivity contribution in [2.24, 2.45) is 0 Å². The molecule has 0 bridgehead atoms. The van der Waals surface area contributed by atoms with Crippen LogP contribution in [-0.2, 0) is 4.79 Å². The smallest absolute Gasteiger partial charge is 0.253 e. The van der Waals surface area contributed by atoms with E-state index >= 15 is 0 Å². The van der Waals surface area contributed by atoms with Gasteiger partial charge in [0.15, 0.2) is 5.11 Å². The average molecular weight is 333 g/mol. The van der Waals surface area contributed by atoms with Gasteiger partial charge in [-0.2, -0.15) is 0 Å². The fourth-order valence-electron chi connectivity index (χ4n) is 2.70. The van der Waals surface area contributed by atoms with Crippen molar-refractivity contribution in [1.82, 2.24) is 15.5 Å². The van der Waals surface area contributed by atoms with Crippen molar-refractivity contribution in [2.75, 3.05) is 20.2 Å². The third-order valence-electron chi connectivity index (χ3n) is 4.00. The van der Waals surface area contributed by atoms with E-state index in [1.165, 1.54) is 0 Å². The van der Waals surface area contributed by atoms with Gasteiger partial charge in [0, 0.05) is 18.8 Å². The van der Waals surface area contributed by atoms with E-state index in [0.29, 0.717) is 23.8 Å². The summed E-state index contributed by atoms with van der Waals surface area (Å²) >= 11 is 5.26. The number of rotatable bonds is 5. The van der Waals surface area contributed by atoms with Crippen LogP contribution in [-0.4, -0.2) is 36.1 Å². The lowest BCUT2D eigenvalue weighted by Crippen LogP contribution is -2.47. The molecule has 23 heavy (non-hydrogen) atoms. The van der Waals surface area contributed by atoms with Crippen LogP contribution >= 0.6 is 12.2 Å². The standard InChI is InChI=1S/C17H23N3O2S/c1-5-20(6-2)16(21)14-11(3)18-17(23)19-15(14)12-7-9-13(22-4)10-8-12/h7-10,15H,5-6H2,1-4H3,(H2,18,19,23)/t15-/m1/s1. The molecular formula is C17H23N3O2S. The van der Waals surface area contributed by atoms with E-state index in [0.717, 1.165) is 17.0 Å². The Balaban J connectivity index is 2.43. The van der Waals surface area contributed by atoms with Crippen LogP contribution in [0, 0.1) is 0 Å². The Morgan fingerprint density at radius 2 is 1.87 bits per heavy atom. The van der Waals surface area contributed by atoms with Crippen LogP contribution in [0.1, 0.15) is 32.4 Å². The van der Waals surface area contributed by atoms with E-state index in [-0.39, 0.29) is 11.9 Å². The van der Waals surface area contributed by atoms with Crippen molar-refractivity contribution in [3.63, 3.8) is 0 Å². The zero-order valence-corrected chi connectivity index (χ0v) is 14.8. The number of carbonyl (C=O) groups is 1. The molecule has 1 amide bonds. The third kappa shape index (κ3) is 3.64. The first-order valence-electron chi connectivity index (χ1n) is 7.73. The Morgan fingerprint density at radius 1 is 1.26 bits per heavy atom. The molecule has 0 aromatic heterocycles. The SMILES string of the molecule is CCN(CC)C(=O)C1=C(C)NC(=S)N[C@@H]1c1ccc(OC)cc1. The van der Waals surface area contributed by atoms with Gasteiger partial charge in [0.2, 0.25) is 0 Å². The molecule has 2 N–H and O–H groups in total. The number of allylic oxidation sites excluding steroid dienone is 1. The maximum Gasteiger partial charge on any atom is 0.253 e. The average Bonchev–Trinajstić information content (AvgIpc) is 2.55. The topological polar surface area (TPSA) is 53.6 Å². The van der Waals surface area contributed by atoms with Gasteiger partial charge in [-0.3, -0.25) is 4.79 Å². The van der Waals surface area contributed by atoms with E-state index in [1.807, 2.05) is 49.9 Å². The largest absolute Gasteiger partial charge is 0.497 e. The van der Waals surface area contributed by atoms with Crippen LogP contribution < -0.4 is 15.4 Å². The van der Waals surface area contributed by atoms with Gasteiger partial charge in [-0.1, -0.05) is 12.1 Å². The van der Waals surface area contributed by atoms with Crippen molar-refractivity contribution in [2.45, 2.75) is 26.8 Å². The van der Waals surface area contributed by atoms with Crippen LogP contribution in [0.4, 0.5) is 0 Å². The minimum absolute atomic E-state index is 0.0239. The van der Waals surface area contributed by atoms with Gasteiger partial charge in [-0.15, -0.1) is 0 Å². The zero-order valence-electron chi connectivity index (χ0n) is 14.0. The normalized spacial score (nSPS) is 17.4. The van der Waals surface area contributed by atoms with Crippen molar-refractivity contribution in [1.29, 1.82) is 0 Å². The zero-order chi connectivity index (χ0) is 17.0. The molecule has 1 aliphatic rings. The summed E-state index contributed by atoms with van der Waals surface area (Å²) in [6.07, 6.45) is 0. The summed E-state index contributed by atoms with van der Waals surface area (Å²) in [6.45, 7) is 7.19. The van der Waals surface area contributed by atoms with Gasteiger partial charge in [0.25, 0.3) is 5.91 Å². The predicted octanol–water partition coefficient (Wildman–Crippen LogP) is 2.36. The quantitative estimate of drug-likeness (QED) is 0.810. The predicted molar refractivity (Wildman–Crippen MR) is 95.2 cm³/mol. The molecular weight excluding hydrogens is 310 g/mol. The molecule has 1 aromatic rings. The van der Waals surface area contributed by atoms with Gasteiger partial charge >= 0.3 is 0 Å². The number of thiocarbonyl (C=S) groups is 1. The number of nitrogens with zero attached hydrogens (tertiary/aromatic N) is 1. The second-order valence-electron chi connectivity index (χ2n) is 5.32. The molecule has 1 aromatic carbocycles. The Hall–Kier alpha value is -2.08. The van der Waals surface area contributed by atoms with Gasteiger partial charge in [-0.05, 0) is 50.7 Å². The molecule has 1 heterocycles. The highest BCUT2D eigenvalue weighted by atomic mass is 32.1. The summed E-state index contributed by atoms with van der Waals surface area (Å²) in [5.41, 5.74) is 2.48. The summed E-state index contributed by atoms with van der Waals surface area (Å²) in [6, 6.07) is 7.41. The molecule has 0 saturated carbocycles. The molecule has 0 saturated heterocycles.